The molecule has 0 bridgehead atoms. The molecule has 1 aromatic heterocycles. The molecule has 1 aromatic carbocycles. The van der Waals surface area contributed by atoms with Crippen molar-refractivity contribution >= 4 is 5.91 Å². The van der Waals surface area contributed by atoms with E-state index in [4.69, 9.17) is 5.73 Å². The minimum Gasteiger partial charge on any atom is -0.338 e. The summed E-state index contributed by atoms with van der Waals surface area (Å²) in [4.78, 5) is 14.7. The number of nitrogens with zero attached hydrogens (tertiary/aromatic N) is 2. The number of amides is 1. The van der Waals surface area contributed by atoms with E-state index in [0.717, 1.165) is 29.9 Å². The number of nitrogens with two attached hydrogens (primary N) is 1. The third-order valence-corrected chi connectivity index (χ3v) is 4.57. The van der Waals surface area contributed by atoms with Gasteiger partial charge >= 0.3 is 0 Å². The number of hydrogen-bond donors (Lipinski definition) is 1. The summed E-state index contributed by atoms with van der Waals surface area (Å²) >= 11 is 0. The van der Waals surface area contributed by atoms with Gasteiger partial charge in [-0.25, -0.2) is 4.39 Å². The first-order chi connectivity index (χ1) is 11.0. The van der Waals surface area contributed by atoms with Crippen molar-refractivity contribution in [3.8, 4) is 5.69 Å². The molecule has 1 fully saturated rings. The molecule has 0 unspecified atom stereocenters. The molecule has 0 spiro atoms. The van der Waals surface area contributed by atoms with Crippen LogP contribution >= 0.6 is 0 Å². The molecule has 1 aliphatic rings. The van der Waals surface area contributed by atoms with Crippen molar-refractivity contribution in [3.63, 3.8) is 0 Å². The van der Waals surface area contributed by atoms with Crippen molar-refractivity contribution < 1.29 is 9.18 Å². The molecule has 122 valence electrons. The maximum atomic E-state index is 13.1. The molecule has 1 saturated heterocycles. The van der Waals surface area contributed by atoms with Crippen molar-refractivity contribution in [3.05, 3.63) is 53.1 Å². The van der Waals surface area contributed by atoms with Crippen LogP contribution in [0.4, 0.5) is 4.39 Å². The number of hydrogen-bond acceptors (Lipinski definition) is 2. The van der Waals surface area contributed by atoms with Crippen LogP contribution in [0.5, 0.6) is 0 Å². The first-order valence-electron chi connectivity index (χ1n) is 7.97. The Morgan fingerprint density at radius 3 is 2.39 bits per heavy atom. The van der Waals surface area contributed by atoms with Crippen LogP contribution in [-0.2, 0) is 0 Å². The molecule has 23 heavy (non-hydrogen) atoms. The van der Waals surface area contributed by atoms with E-state index < -0.39 is 0 Å². The highest BCUT2D eigenvalue weighted by Crippen LogP contribution is 2.23. The highest BCUT2D eigenvalue weighted by molar-refractivity contribution is 5.96. The van der Waals surface area contributed by atoms with Gasteiger partial charge in [0.1, 0.15) is 5.82 Å². The highest BCUT2D eigenvalue weighted by Gasteiger charge is 2.25. The molecule has 0 saturated carbocycles. The smallest absolute Gasteiger partial charge is 0.255 e. The van der Waals surface area contributed by atoms with Crippen LogP contribution in [0.25, 0.3) is 5.69 Å². The van der Waals surface area contributed by atoms with Crippen molar-refractivity contribution in [1.82, 2.24) is 9.47 Å². The molecule has 0 radical (unpaired) electrons. The Morgan fingerprint density at radius 1 is 1.17 bits per heavy atom. The Kier molecular flexibility index (Phi) is 4.22. The quantitative estimate of drug-likeness (QED) is 0.926. The Labute approximate surface area is 135 Å². The predicted octanol–water partition coefficient (Wildman–Crippen LogP) is 2.80. The van der Waals surface area contributed by atoms with Crippen LogP contribution in [0.3, 0.4) is 0 Å². The fourth-order valence-electron chi connectivity index (χ4n) is 3.24. The SMILES string of the molecule is Cc1cc(C(=O)N2CCC(N)CC2)c(C)n1-c1ccc(F)cc1. The monoisotopic (exact) mass is 315 g/mol. The van der Waals surface area contributed by atoms with Gasteiger partial charge in [-0.3, -0.25) is 4.79 Å². The normalized spacial score (nSPS) is 15.9. The minimum absolute atomic E-state index is 0.0540. The van der Waals surface area contributed by atoms with Gasteiger partial charge in [-0.15, -0.1) is 0 Å². The summed E-state index contributed by atoms with van der Waals surface area (Å²) in [7, 11) is 0. The van der Waals surface area contributed by atoms with Crippen LogP contribution in [0.1, 0.15) is 34.6 Å². The van der Waals surface area contributed by atoms with E-state index >= 15 is 0 Å². The standard InChI is InChI=1S/C18H22FN3O/c1-12-11-17(18(23)21-9-7-15(20)8-10-21)13(2)22(12)16-5-3-14(19)4-6-16/h3-6,11,15H,7-10,20H2,1-2H3. The first-order valence-corrected chi connectivity index (χ1v) is 7.97. The second-order valence-electron chi connectivity index (χ2n) is 6.23. The van der Waals surface area contributed by atoms with Crippen LogP contribution in [0.15, 0.2) is 30.3 Å². The fraction of sp³-hybridized carbons (Fsp3) is 0.389. The first kappa shape index (κ1) is 15.7. The van der Waals surface area contributed by atoms with Gasteiger partial charge in [0.2, 0.25) is 0 Å². The summed E-state index contributed by atoms with van der Waals surface area (Å²) in [5, 5.41) is 0. The van der Waals surface area contributed by atoms with E-state index in [1.54, 1.807) is 12.1 Å². The zero-order valence-electron chi connectivity index (χ0n) is 13.6. The van der Waals surface area contributed by atoms with E-state index in [-0.39, 0.29) is 17.8 Å². The number of halogens is 1. The lowest BCUT2D eigenvalue weighted by Gasteiger charge is -2.30. The lowest BCUT2D eigenvalue weighted by molar-refractivity contribution is 0.0714. The fourth-order valence-corrected chi connectivity index (χ4v) is 3.24. The van der Waals surface area contributed by atoms with Crippen LogP contribution in [0, 0.1) is 19.7 Å². The number of benzene rings is 1. The summed E-state index contributed by atoms with van der Waals surface area (Å²) in [6, 6.07) is 8.43. The van der Waals surface area contributed by atoms with Crippen LogP contribution in [0.2, 0.25) is 0 Å². The van der Waals surface area contributed by atoms with Crippen LogP contribution in [-0.4, -0.2) is 34.5 Å². The zero-order chi connectivity index (χ0) is 16.6. The summed E-state index contributed by atoms with van der Waals surface area (Å²) in [6.45, 7) is 5.30. The second-order valence-corrected chi connectivity index (χ2v) is 6.23. The van der Waals surface area contributed by atoms with Gasteiger partial charge < -0.3 is 15.2 Å². The van der Waals surface area contributed by atoms with Gasteiger partial charge in [0, 0.05) is 36.2 Å². The largest absolute Gasteiger partial charge is 0.338 e. The average molecular weight is 315 g/mol. The molecule has 1 aliphatic heterocycles. The minimum atomic E-state index is -0.267. The summed E-state index contributed by atoms with van der Waals surface area (Å²) in [5.41, 5.74) is 9.33. The third-order valence-electron chi connectivity index (χ3n) is 4.57. The Balaban J connectivity index is 1.91. The van der Waals surface area contributed by atoms with Gasteiger partial charge in [0.25, 0.3) is 5.91 Å². The number of carbonyl (C=O) groups is 1. The van der Waals surface area contributed by atoms with Crippen LogP contribution < -0.4 is 5.73 Å². The van der Waals surface area contributed by atoms with Gasteiger partial charge in [-0.2, -0.15) is 0 Å². The number of likely N-dealkylation sites (tertiary alicyclic amines) is 1. The van der Waals surface area contributed by atoms with E-state index in [0.29, 0.717) is 18.7 Å². The topological polar surface area (TPSA) is 51.3 Å². The molecular weight excluding hydrogens is 293 g/mol. The van der Waals surface area contributed by atoms with E-state index in [1.807, 2.05) is 29.4 Å². The number of aromatic nitrogens is 1. The molecule has 0 aliphatic carbocycles. The van der Waals surface area contributed by atoms with E-state index in [9.17, 15) is 9.18 Å². The van der Waals surface area contributed by atoms with Gasteiger partial charge in [-0.1, -0.05) is 0 Å². The Hall–Kier alpha value is -2.14. The molecule has 5 heteroatoms. The Bertz CT molecular complexity index is 713. The molecule has 1 amide bonds. The van der Waals surface area contributed by atoms with Gasteiger partial charge in [0.05, 0.1) is 5.56 Å². The molecule has 4 nitrogen and oxygen atoms in total. The number of piperidine rings is 1. The highest BCUT2D eigenvalue weighted by atomic mass is 19.1. The van der Waals surface area contributed by atoms with Gasteiger partial charge in [-0.05, 0) is 57.0 Å². The van der Waals surface area contributed by atoms with E-state index in [2.05, 4.69) is 0 Å². The lowest BCUT2D eigenvalue weighted by Crippen LogP contribution is -2.42. The van der Waals surface area contributed by atoms with Crippen molar-refractivity contribution in [1.29, 1.82) is 0 Å². The Morgan fingerprint density at radius 2 is 1.78 bits per heavy atom. The summed E-state index contributed by atoms with van der Waals surface area (Å²) < 4.78 is 15.1. The molecule has 3 rings (SSSR count). The number of aryl methyl sites for hydroxylation is 1. The summed E-state index contributed by atoms with van der Waals surface area (Å²) in [6.07, 6.45) is 1.70. The van der Waals surface area contributed by atoms with Crippen molar-refractivity contribution in [2.24, 2.45) is 5.73 Å². The second kappa shape index (κ2) is 6.16. The molecule has 0 atom stereocenters. The van der Waals surface area contributed by atoms with Crippen molar-refractivity contribution in [2.75, 3.05) is 13.1 Å². The predicted molar refractivity (Wildman–Crippen MR) is 88.3 cm³/mol. The molecule has 2 N–H and O–H groups in total. The average Bonchev–Trinajstić information content (AvgIpc) is 2.83. The molecule has 2 heterocycles. The number of rotatable bonds is 2. The molecular formula is C18H22FN3O. The van der Waals surface area contributed by atoms with Crippen molar-refractivity contribution in [2.45, 2.75) is 32.7 Å². The maximum Gasteiger partial charge on any atom is 0.255 e. The third kappa shape index (κ3) is 3.01. The zero-order valence-corrected chi connectivity index (χ0v) is 13.6. The van der Waals surface area contributed by atoms with Gasteiger partial charge in [0.15, 0.2) is 0 Å². The lowest BCUT2D eigenvalue weighted by atomic mass is 10.1. The van der Waals surface area contributed by atoms with E-state index in [1.165, 1.54) is 12.1 Å². The molecule has 2 aromatic rings. The summed E-state index contributed by atoms with van der Waals surface area (Å²) in [5.74, 6) is -0.212. The maximum absolute atomic E-state index is 13.1. The number of carbonyl (C=O) groups excluding carboxylic acids is 1.